The van der Waals surface area contributed by atoms with Crippen LogP contribution in [0, 0.1) is 5.92 Å². The van der Waals surface area contributed by atoms with Gasteiger partial charge in [0, 0.05) is 25.7 Å². The van der Waals surface area contributed by atoms with Crippen LogP contribution >= 0.6 is 0 Å². The van der Waals surface area contributed by atoms with Crippen molar-refractivity contribution in [2.45, 2.75) is 32.0 Å². The Hall–Kier alpha value is -3.50. The first-order valence-electron chi connectivity index (χ1n) is 10.3. The van der Waals surface area contributed by atoms with Crippen molar-refractivity contribution in [1.29, 1.82) is 0 Å². The molecule has 2 heterocycles. The summed E-state index contributed by atoms with van der Waals surface area (Å²) in [5.74, 6) is -2.69. The van der Waals surface area contributed by atoms with Gasteiger partial charge in [-0.3, -0.25) is 14.6 Å². The number of alkyl halides is 3. The molecule has 1 amide bonds. The number of aromatic nitrogens is 1. The van der Waals surface area contributed by atoms with Crippen LogP contribution < -0.4 is 10.2 Å². The average Bonchev–Trinajstić information content (AvgIpc) is 2.84. The maximum atomic E-state index is 13.0. The predicted octanol–water partition coefficient (Wildman–Crippen LogP) is 2.63. The minimum Gasteiger partial charge on any atom is -0.494 e. The van der Waals surface area contributed by atoms with E-state index in [2.05, 4.69) is 4.99 Å². The van der Waals surface area contributed by atoms with Crippen molar-refractivity contribution < 1.29 is 37.8 Å². The molecule has 1 aliphatic heterocycles. The molecule has 1 aromatic carbocycles. The minimum atomic E-state index is -4.60. The number of nitrogens with zero attached hydrogens (tertiary/aromatic N) is 3. The zero-order chi connectivity index (χ0) is 24.0. The first-order valence-corrected chi connectivity index (χ1v) is 10.3. The number of carboxylic acids is 1. The molecule has 11 heteroatoms. The number of hydrogen-bond acceptors (Lipinski definition) is 5. The number of carboxylic acid groups (broad SMARTS) is 1. The lowest BCUT2D eigenvalue weighted by atomic mass is 9.94. The number of carbonyl (C=O) groups is 2. The van der Waals surface area contributed by atoms with Gasteiger partial charge in [0.25, 0.3) is 0 Å². The zero-order valence-electron chi connectivity index (χ0n) is 17.7. The Bertz CT molecular complexity index is 1070. The molecule has 1 aliphatic rings. The molecule has 8 nitrogen and oxygen atoms in total. The van der Waals surface area contributed by atoms with Crippen LogP contribution in [0.4, 0.5) is 13.2 Å². The summed E-state index contributed by atoms with van der Waals surface area (Å²) in [6.07, 6.45) is -3.10. The fraction of sp³-hybridized carbons (Fsp3) is 0.409. The van der Waals surface area contributed by atoms with E-state index >= 15 is 0 Å². The average molecular weight is 467 g/mol. The molecule has 2 N–H and O–H groups in total. The number of rotatable bonds is 8. The minimum absolute atomic E-state index is 0.0478. The Kier molecular flexibility index (Phi) is 7.62. The van der Waals surface area contributed by atoms with Gasteiger partial charge in [0.15, 0.2) is 5.49 Å². The van der Waals surface area contributed by atoms with Crippen LogP contribution in [0.3, 0.4) is 0 Å². The highest BCUT2D eigenvalue weighted by atomic mass is 19.4. The molecule has 33 heavy (non-hydrogen) atoms. The first-order chi connectivity index (χ1) is 15.6. The lowest BCUT2D eigenvalue weighted by molar-refractivity contribution is -0.165. The molecule has 0 spiro atoms. The second-order valence-corrected chi connectivity index (χ2v) is 7.73. The summed E-state index contributed by atoms with van der Waals surface area (Å²) >= 11 is 0. The summed E-state index contributed by atoms with van der Waals surface area (Å²) in [4.78, 5) is 28.6. The second-order valence-electron chi connectivity index (χ2n) is 7.73. The standard InChI is InChI=1S/C22H24F3N3O5/c23-22(24,25)14-27-13-17-11-18(6-5-15(17)10-16(21(27)31)12-20(29)30)33-9-3-7-26-19-4-1-2-8-28(19)32/h1-2,4-6,8,11,16,32H,3,7,9-10,12-14H2,(H,29,30)/t16-/m0/s1. The van der Waals surface area contributed by atoms with Gasteiger partial charge in [-0.05, 0) is 41.8 Å². The number of hydrogen-bond donors (Lipinski definition) is 2. The molecule has 0 bridgehead atoms. The van der Waals surface area contributed by atoms with E-state index in [0.29, 0.717) is 40.2 Å². The maximum Gasteiger partial charge on any atom is 0.406 e. The van der Waals surface area contributed by atoms with E-state index < -0.39 is 36.9 Å². The molecule has 0 unspecified atom stereocenters. The summed E-state index contributed by atoms with van der Waals surface area (Å²) in [6.45, 7) is -1.05. The van der Waals surface area contributed by atoms with Gasteiger partial charge in [0.05, 0.1) is 18.9 Å². The van der Waals surface area contributed by atoms with Crippen LogP contribution in [0.15, 0.2) is 47.6 Å². The molecule has 178 valence electrons. The highest BCUT2D eigenvalue weighted by molar-refractivity contribution is 5.84. The Balaban J connectivity index is 1.69. The fourth-order valence-corrected chi connectivity index (χ4v) is 3.65. The van der Waals surface area contributed by atoms with Crippen molar-refractivity contribution in [3.05, 3.63) is 59.2 Å². The first kappa shape index (κ1) is 24.1. The molecule has 3 rings (SSSR count). The third-order valence-corrected chi connectivity index (χ3v) is 5.12. The van der Waals surface area contributed by atoms with Crippen LogP contribution in [0.25, 0.3) is 0 Å². The molecule has 0 saturated heterocycles. The molecule has 2 aromatic rings. The zero-order valence-corrected chi connectivity index (χ0v) is 17.7. The number of amides is 1. The number of benzene rings is 1. The van der Waals surface area contributed by atoms with Gasteiger partial charge in [-0.1, -0.05) is 12.1 Å². The number of aliphatic carboxylic acids is 1. The number of fused-ring (bicyclic) bond motifs is 1. The third-order valence-electron chi connectivity index (χ3n) is 5.12. The van der Waals surface area contributed by atoms with Crippen LogP contribution in [0.5, 0.6) is 5.75 Å². The monoisotopic (exact) mass is 467 g/mol. The van der Waals surface area contributed by atoms with E-state index in [1.165, 1.54) is 6.20 Å². The lowest BCUT2D eigenvalue weighted by Crippen LogP contribution is -2.41. The van der Waals surface area contributed by atoms with Gasteiger partial charge in [0.1, 0.15) is 12.3 Å². The summed E-state index contributed by atoms with van der Waals surface area (Å²) in [6, 6.07) is 9.95. The Labute approximate surface area is 187 Å². The van der Waals surface area contributed by atoms with E-state index in [4.69, 9.17) is 9.84 Å². The fourth-order valence-electron chi connectivity index (χ4n) is 3.65. The van der Waals surface area contributed by atoms with Gasteiger partial charge < -0.3 is 20.0 Å². The summed E-state index contributed by atoms with van der Waals surface area (Å²) in [5, 5.41) is 18.7. The summed E-state index contributed by atoms with van der Waals surface area (Å²) < 4.78 is 45.6. The van der Waals surface area contributed by atoms with Gasteiger partial charge >= 0.3 is 12.1 Å². The molecule has 0 radical (unpaired) electrons. The van der Waals surface area contributed by atoms with Crippen molar-refractivity contribution in [2.24, 2.45) is 10.9 Å². The quantitative estimate of drug-likeness (QED) is 0.459. The lowest BCUT2D eigenvalue weighted by Gasteiger charge is -2.25. The molecule has 0 aliphatic carbocycles. The topological polar surface area (TPSA) is 104 Å². The van der Waals surface area contributed by atoms with Crippen LogP contribution in [0.1, 0.15) is 24.0 Å². The van der Waals surface area contributed by atoms with Gasteiger partial charge in [0.2, 0.25) is 5.91 Å². The largest absolute Gasteiger partial charge is 0.494 e. The molecule has 0 saturated carbocycles. The SMILES string of the molecule is O=C(O)C[C@@H]1Cc2ccc(OCCCN=c3ccccn3O)cc2CN(CC(F)(F)F)C1=O. The highest BCUT2D eigenvalue weighted by Gasteiger charge is 2.38. The molecule has 1 aromatic heterocycles. The van der Waals surface area contributed by atoms with E-state index in [1.54, 1.807) is 36.4 Å². The Morgan fingerprint density at radius 2 is 2.00 bits per heavy atom. The van der Waals surface area contributed by atoms with E-state index in [-0.39, 0.29) is 19.6 Å². The van der Waals surface area contributed by atoms with E-state index in [1.807, 2.05) is 0 Å². The highest BCUT2D eigenvalue weighted by Crippen LogP contribution is 2.30. The maximum absolute atomic E-state index is 13.0. The number of pyridine rings is 1. The van der Waals surface area contributed by atoms with Crippen LogP contribution in [0.2, 0.25) is 0 Å². The van der Waals surface area contributed by atoms with Crippen molar-refractivity contribution >= 4 is 11.9 Å². The molecule has 0 fully saturated rings. The number of ether oxygens (including phenoxy) is 1. The van der Waals surface area contributed by atoms with Crippen molar-refractivity contribution in [3.63, 3.8) is 0 Å². The van der Waals surface area contributed by atoms with Gasteiger partial charge in [-0.25, -0.2) is 0 Å². The predicted molar refractivity (Wildman–Crippen MR) is 110 cm³/mol. The third kappa shape index (κ3) is 6.99. The van der Waals surface area contributed by atoms with Crippen LogP contribution in [-0.2, 0) is 22.6 Å². The number of halogens is 3. The summed E-state index contributed by atoms with van der Waals surface area (Å²) in [7, 11) is 0. The van der Waals surface area contributed by atoms with Gasteiger partial charge in [-0.2, -0.15) is 17.9 Å². The Morgan fingerprint density at radius 3 is 2.70 bits per heavy atom. The normalized spacial score (nSPS) is 16.9. The summed E-state index contributed by atoms with van der Waals surface area (Å²) in [5.41, 5.74) is 1.51. The van der Waals surface area contributed by atoms with Gasteiger partial charge in [-0.15, -0.1) is 0 Å². The van der Waals surface area contributed by atoms with Crippen molar-refractivity contribution in [3.8, 4) is 5.75 Å². The smallest absolute Gasteiger partial charge is 0.406 e. The van der Waals surface area contributed by atoms with E-state index in [9.17, 15) is 28.0 Å². The second kappa shape index (κ2) is 10.4. The number of carbonyl (C=O) groups excluding carboxylic acids is 1. The van der Waals surface area contributed by atoms with E-state index in [0.717, 1.165) is 4.73 Å². The van der Waals surface area contributed by atoms with Crippen molar-refractivity contribution in [2.75, 3.05) is 19.7 Å². The molecular formula is C22H24F3N3O5. The molecule has 1 atom stereocenters. The Morgan fingerprint density at radius 1 is 1.21 bits per heavy atom. The van der Waals surface area contributed by atoms with Crippen LogP contribution in [-0.4, -0.2) is 57.7 Å². The van der Waals surface area contributed by atoms with Crippen molar-refractivity contribution in [1.82, 2.24) is 9.63 Å². The molecular weight excluding hydrogens is 443 g/mol.